The molecule has 0 spiro atoms. The molecule has 0 aromatic heterocycles. The van der Waals surface area contributed by atoms with Gasteiger partial charge >= 0.3 is 0 Å². The highest BCUT2D eigenvalue weighted by molar-refractivity contribution is 5.78. The molecule has 1 saturated carbocycles. The minimum atomic E-state index is -0.306. The van der Waals surface area contributed by atoms with Crippen LogP contribution in [0.5, 0.6) is 0 Å². The lowest BCUT2D eigenvalue weighted by Crippen LogP contribution is -2.58. The van der Waals surface area contributed by atoms with Crippen molar-refractivity contribution >= 4 is 11.6 Å². The SMILES string of the molecule is CCOC1CC(Nc2ccccc2CC(N)=O)C1(C)C. The Hall–Kier alpha value is -1.55. The maximum Gasteiger partial charge on any atom is 0.221 e. The topological polar surface area (TPSA) is 64.3 Å². The van der Waals surface area contributed by atoms with Crippen molar-refractivity contribution < 1.29 is 9.53 Å². The summed E-state index contributed by atoms with van der Waals surface area (Å²) in [4.78, 5) is 11.1. The summed E-state index contributed by atoms with van der Waals surface area (Å²) in [6.45, 7) is 7.20. The van der Waals surface area contributed by atoms with Crippen molar-refractivity contribution in [3.63, 3.8) is 0 Å². The van der Waals surface area contributed by atoms with Crippen LogP contribution in [-0.4, -0.2) is 24.7 Å². The summed E-state index contributed by atoms with van der Waals surface area (Å²) < 4.78 is 5.74. The molecule has 1 aromatic rings. The fourth-order valence-electron chi connectivity index (χ4n) is 2.81. The summed E-state index contributed by atoms with van der Waals surface area (Å²) in [5.41, 5.74) is 7.35. The summed E-state index contributed by atoms with van der Waals surface area (Å²) >= 11 is 0. The van der Waals surface area contributed by atoms with Gasteiger partial charge in [0.05, 0.1) is 12.5 Å². The number of nitrogens with two attached hydrogens (primary N) is 1. The van der Waals surface area contributed by atoms with Gasteiger partial charge in [-0.1, -0.05) is 32.0 Å². The molecule has 1 aliphatic carbocycles. The third kappa shape index (κ3) is 2.96. The third-order valence-electron chi connectivity index (χ3n) is 4.26. The van der Waals surface area contributed by atoms with Crippen molar-refractivity contribution in [3.05, 3.63) is 29.8 Å². The summed E-state index contributed by atoms with van der Waals surface area (Å²) in [5.74, 6) is -0.306. The van der Waals surface area contributed by atoms with Gasteiger partial charge in [-0.3, -0.25) is 4.79 Å². The number of carbonyl (C=O) groups excluding carboxylic acids is 1. The minimum absolute atomic E-state index is 0.0931. The van der Waals surface area contributed by atoms with Crippen LogP contribution in [0.1, 0.15) is 32.8 Å². The van der Waals surface area contributed by atoms with E-state index in [1.54, 1.807) is 0 Å². The predicted molar refractivity (Wildman–Crippen MR) is 80.6 cm³/mol. The average molecular weight is 276 g/mol. The maximum atomic E-state index is 11.1. The van der Waals surface area contributed by atoms with Crippen LogP contribution in [0.25, 0.3) is 0 Å². The smallest absolute Gasteiger partial charge is 0.221 e. The highest BCUT2D eigenvalue weighted by Crippen LogP contribution is 2.44. The molecule has 1 aromatic carbocycles. The van der Waals surface area contributed by atoms with Crippen molar-refractivity contribution in [2.45, 2.75) is 45.8 Å². The molecule has 4 heteroatoms. The number of hydrogen-bond acceptors (Lipinski definition) is 3. The average Bonchev–Trinajstić information content (AvgIpc) is 2.39. The molecule has 0 aliphatic heterocycles. The number of nitrogens with one attached hydrogen (secondary N) is 1. The molecule has 2 rings (SSSR count). The fraction of sp³-hybridized carbons (Fsp3) is 0.562. The highest BCUT2D eigenvalue weighted by Gasteiger charge is 2.48. The van der Waals surface area contributed by atoms with Gasteiger partial charge in [0, 0.05) is 23.8 Å². The van der Waals surface area contributed by atoms with E-state index in [-0.39, 0.29) is 17.7 Å². The molecule has 2 unspecified atom stereocenters. The van der Waals surface area contributed by atoms with E-state index in [0.717, 1.165) is 24.3 Å². The van der Waals surface area contributed by atoms with E-state index in [1.807, 2.05) is 31.2 Å². The number of carbonyl (C=O) groups is 1. The molecule has 0 bridgehead atoms. The van der Waals surface area contributed by atoms with Crippen molar-refractivity contribution in [2.75, 3.05) is 11.9 Å². The van der Waals surface area contributed by atoms with Gasteiger partial charge in [0.25, 0.3) is 0 Å². The number of anilines is 1. The first-order valence-corrected chi connectivity index (χ1v) is 7.19. The first-order chi connectivity index (χ1) is 9.45. The first kappa shape index (κ1) is 14.9. The molecular weight excluding hydrogens is 252 g/mol. The normalized spacial score (nSPS) is 23.9. The lowest BCUT2D eigenvalue weighted by atomic mass is 9.64. The quantitative estimate of drug-likeness (QED) is 0.838. The maximum absolute atomic E-state index is 11.1. The molecule has 20 heavy (non-hydrogen) atoms. The van der Waals surface area contributed by atoms with Crippen LogP contribution in [0.3, 0.4) is 0 Å². The van der Waals surface area contributed by atoms with Gasteiger partial charge in [-0.15, -0.1) is 0 Å². The Morgan fingerprint density at radius 3 is 2.75 bits per heavy atom. The van der Waals surface area contributed by atoms with Crippen LogP contribution in [0.2, 0.25) is 0 Å². The van der Waals surface area contributed by atoms with Crippen LogP contribution >= 0.6 is 0 Å². The Bertz CT molecular complexity index is 485. The standard InChI is InChI=1S/C16H24N2O2/c1-4-20-14-10-13(16(14,2)3)18-12-8-6-5-7-11(12)9-15(17)19/h5-8,13-14,18H,4,9-10H2,1-3H3,(H2,17,19). The number of ether oxygens (including phenoxy) is 1. The van der Waals surface area contributed by atoms with Gasteiger partial charge in [-0.2, -0.15) is 0 Å². The van der Waals surface area contributed by atoms with Gasteiger partial charge in [-0.25, -0.2) is 0 Å². The van der Waals surface area contributed by atoms with Crippen molar-refractivity contribution in [1.82, 2.24) is 0 Å². The van der Waals surface area contributed by atoms with E-state index in [4.69, 9.17) is 10.5 Å². The largest absolute Gasteiger partial charge is 0.381 e. The molecule has 0 saturated heterocycles. The van der Waals surface area contributed by atoms with Gasteiger partial charge in [-0.05, 0) is 25.0 Å². The van der Waals surface area contributed by atoms with E-state index in [9.17, 15) is 4.79 Å². The van der Waals surface area contributed by atoms with Crippen LogP contribution in [0.15, 0.2) is 24.3 Å². The predicted octanol–water partition coefficient (Wildman–Crippen LogP) is 2.33. The summed E-state index contributed by atoms with van der Waals surface area (Å²) in [7, 11) is 0. The van der Waals surface area contributed by atoms with Crippen molar-refractivity contribution in [3.8, 4) is 0 Å². The van der Waals surface area contributed by atoms with E-state index in [0.29, 0.717) is 12.1 Å². The number of rotatable bonds is 6. The third-order valence-corrected chi connectivity index (χ3v) is 4.26. The van der Waals surface area contributed by atoms with Gasteiger partial charge < -0.3 is 15.8 Å². The van der Waals surface area contributed by atoms with Crippen LogP contribution in [0.4, 0.5) is 5.69 Å². The summed E-state index contributed by atoms with van der Waals surface area (Å²) in [5, 5.41) is 3.54. The Morgan fingerprint density at radius 1 is 1.45 bits per heavy atom. The second-order valence-corrected chi connectivity index (χ2v) is 6.00. The summed E-state index contributed by atoms with van der Waals surface area (Å²) in [6.07, 6.45) is 1.56. The van der Waals surface area contributed by atoms with Gasteiger partial charge in [0.15, 0.2) is 0 Å². The second kappa shape index (κ2) is 5.83. The zero-order chi connectivity index (χ0) is 14.8. The number of amides is 1. The summed E-state index contributed by atoms with van der Waals surface area (Å²) in [6, 6.07) is 8.20. The van der Waals surface area contributed by atoms with E-state index in [1.165, 1.54) is 0 Å². The van der Waals surface area contributed by atoms with Crippen LogP contribution < -0.4 is 11.1 Å². The van der Waals surface area contributed by atoms with Crippen LogP contribution in [-0.2, 0) is 16.0 Å². The molecule has 4 nitrogen and oxygen atoms in total. The molecule has 1 fully saturated rings. The molecule has 0 heterocycles. The minimum Gasteiger partial charge on any atom is -0.381 e. The van der Waals surface area contributed by atoms with Crippen LogP contribution in [0, 0.1) is 5.41 Å². The van der Waals surface area contributed by atoms with E-state index in [2.05, 4.69) is 19.2 Å². The molecule has 1 amide bonds. The Morgan fingerprint density at radius 2 is 2.15 bits per heavy atom. The highest BCUT2D eigenvalue weighted by atomic mass is 16.5. The molecular formula is C16H24N2O2. The Kier molecular flexibility index (Phi) is 4.33. The first-order valence-electron chi connectivity index (χ1n) is 7.19. The number of primary amides is 1. The fourth-order valence-corrected chi connectivity index (χ4v) is 2.81. The van der Waals surface area contributed by atoms with Crippen molar-refractivity contribution in [1.29, 1.82) is 0 Å². The number of para-hydroxylation sites is 1. The molecule has 110 valence electrons. The van der Waals surface area contributed by atoms with Gasteiger partial charge in [0.2, 0.25) is 5.91 Å². The van der Waals surface area contributed by atoms with E-state index >= 15 is 0 Å². The number of hydrogen-bond donors (Lipinski definition) is 2. The molecule has 3 N–H and O–H groups in total. The van der Waals surface area contributed by atoms with Gasteiger partial charge in [0.1, 0.15) is 0 Å². The van der Waals surface area contributed by atoms with Crippen molar-refractivity contribution in [2.24, 2.45) is 11.1 Å². The lowest BCUT2D eigenvalue weighted by molar-refractivity contribution is -0.117. The zero-order valence-electron chi connectivity index (χ0n) is 12.5. The lowest BCUT2D eigenvalue weighted by Gasteiger charge is -2.52. The molecule has 2 atom stereocenters. The second-order valence-electron chi connectivity index (χ2n) is 6.00. The Labute approximate surface area is 120 Å². The monoisotopic (exact) mass is 276 g/mol. The van der Waals surface area contributed by atoms with E-state index < -0.39 is 0 Å². The Balaban J connectivity index is 2.06. The zero-order valence-corrected chi connectivity index (χ0v) is 12.5. The number of benzene rings is 1. The molecule has 0 radical (unpaired) electrons. The molecule has 1 aliphatic rings.